The first-order valence-corrected chi connectivity index (χ1v) is 2.72. The molecule has 0 heterocycles. The summed E-state index contributed by atoms with van der Waals surface area (Å²) in [6.07, 6.45) is 2.99. The van der Waals surface area contributed by atoms with Gasteiger partial charge in [-0.1, -0.05) is 19.2 Å². The van der Waals surface area contributed by atoms with E-state index in [-0.39, 0.29) is 5.76 Å². The first kappa shape index (κ1) is 7.45. The van der Waals surface area contributed by atoms with Crippen LogP contribution in [0.2, 0.25) is 0 Å². The van der Waals surface area contributed by atoms with E-state index in [2.05, 4.69) is 22.4 Å². The maximum Gasteiger partial charge on any atom is 0.122 e. The van der Waals surface area contributed by atoms with Crippen LogP contribution >= 0.6 is 9.24 Å². The van der Waals surface area contributed by atoms with Crippen molar-refractivity contribution in [2.24, 2.45) is 0 Å². The first-order valence-electron chi connectivity index (χ1n) is 2.15. The lowest BCUT2D eigenvalue weighted by atomic mass is 10.4. The summed E-state index contributed by atoms with van der Waals surface area (Å²) in [5.41, 5.74) is 0. The van der Waals surface area contributed by atoms with E-state index >= 15 is 0 Å². The van der Waals surface area contributed by atoms with Gasteiger partial charge in [-0.2, -0.15) is 0 Å². The number of aliphatic hydroxyl groups excluding tert-OH is 1. The van der Waals surface area contributed by atoms with E-state index in [0.717, 1.165) is 0 Å². The van der Waals surface area contributed by atoms with Gasteiger partial charge in [0.2, 0.25) is 0 Å². The van der Waals surface area contributed by atoms with Crippen molar-refractivity contribution in [3.63, 3.8) is 0 Å². The Morgan fingerprint density at radius 3 is 2.25 bits per heavy atom. The van der Waals surface area contributed by atoms with E-state index in [0.29, 0.717) is 5.31 Å². The van der Waals surface area contributed by atoms with Crippen LogP contribution in [0, 0.1) is 0 Å². The van der Waals surface area contributed by atoms with Crippen molar-refractivity contribution in [2.45, 2.75) is 0 Å². The molecule has 2 heteroatoms. The van der Waals surface area contributed by atoms with E-state index in [1.54, 1.807) is 0 Å². The van der Waals surface area contributed by atoms with Gasteiger partial charge >= 0.3 is 0 Å². The summed E-state index contributed by atoms with van der Waals surface area (Å²) >= 11 is 0. The SMILES string of the molecule is C=C/C=C(/O)C(=C)P. The Labute approximate surface area is 51.6 Å². The van der Waals surface area contributed by atoms with Gasteiger partial charge in [0.25, 0.3) is 0 Å². The molecule has 0 spiro atoms. The Morgan fingerprint density at radius 2 is 2.12 bits per heavy atom. The predicted octanol–water partition coefficient (Wildman–Crippen LogP) is 2.00. The van der Waals surface area contributed by atoms with E-state index in [9.17, 15) is 0 Å². The van der Waals surface area contributed by atoms with Crippen LogP contribution in [0.5, 0.6) is 0 Å². The van der Waals surface area contributed by atoms with Gasteiger partial charge in [0, 0.05) is 5.31 Å². The lowest BCUT2D eigenvalue weighted by Gasteiger charge is -1.91. The van der Waals surface area contributed by atoms with Gasteiger partial charge in [0.05, 0.1) is 0 Å². The first-order chi connectivity index (χ1) is 3.68. The molecule has 0 bridgehead atoms. The topological polar surface area (TPSA) is 20.2 Å². The molecule has 1 N–H and O–H groups in total. The minimum absolute atomic E-state index is 0.157. The molecule has 8 heavy (non-hydrogen) atoms. The molecule has 0 fully saturated rings. The summed E-state index contributed by atoms with van der Waals surface area (Å²) in [5.74, 6) is 0.157. The summed E-state index contributed by atoms with van der Waals surface area (Å²) in [5, 5.41) is 9.37. The molecule has 0 saturated carbocycles. The third kappa shape index (κ3) is 2.59. The van der Waals surface area contributed by atoms with Gasteiger partial charge in [-0.15, -0.1) is 9.24 Å². The molecular formula is C6H9OP. The average molecular weight is 128 g/mol. The van der Waals surface area contributed by atoms with Crippen LogP contribution in [0.15, 0.2) is 36.4 Å². The summed E-state index contributed by atoms with van der Waals surface area (Å²) in [6, 6.07) is 0. The lowest BCUT2D eigenvalue weighted by Crippen LogP contribution is -1.73. The maximum absolute atomic E-state index is 8.80. The molecule has 0 aliphatic carbocycles. The third-order valence-corrected chi connectivity index (χ3v) is 0.900. The monoisotopic (exact) mass is 128 g/mol. The summed E-state index contributed by atoms with van der Waals surface area (Å²) in [4.78, 5) is 0. The Morgan fingerprint density at radius 1 is 1.62 bits per heavy atom. The van der Waals surface area contributed by atoms with Gasteiger partial charge < -0.3 is 5.11 Å². The average Bonchev–Trinajstić information content (AvgIpc) is 1.67. The minimum Gasteiger partial charge on any atom is -0.507 e. The Kier molecular flexibility index (Phi) is 3.21. The third-order valence-electron chi connectivity index (χ3n) is 0.605. The van der Waals surface area contributed by atoms with Gasteiger partial charge in [-0.05, 0) is 6.08 Å². The molecule has 1 unspecified atom stereocenters. The molecule has 0 amide bonds. The molecule has 0 rings (SSSR count). The smallest absolute Gasteiger partial charge is 0.122 e. The highest BCUT2D eigenvalue weighted by Crippen LogP contribution is 2.10. The predicted molar refractivity (Wildman–Crippen MR) is 39.8 cm³/mol. The number of hydrogen-bond donors (Lipinski definition) is 1. The van der Waals surface area contributed by atoms with Crippen molar-refractivity contribution in [1.29, 1.82) is 0 Å². The normalized spacial score (nSPS) is 10.9. The van der Waals surface area contributed by atoms with Crippen LogP contribution in [-0.2, 0) is 0 Å². The van der Waals surface area contributed by atoms with Crippen LogP contribution < -0.4 is 0 Å². The highest BCUT2D eigenvalue weighted by Gasteiger charge is 1.86. The number of hydrogen-bond acceptors (Lipinski definition) is 1. The van der Waals surface area contributed by atoms with Crippen LogP contribution in [0.1, 0.15) is 0 Å². The van der Waals surface area contributed by atoms with Crippen LogP contribution in [0.3, 0.4) is 0 Å². The molecule has 0 aromatic heterocycles. The molecule has 1 atom stereocenters. The fourth-order valence-electron chi connectivity index (χ4n) is 0.219. The van der Waals surface area contributed by atoms with Gasteiger partial charge in [0.15, 0.2) is 0 Å². The largest absolute Gasteiger partial charge is 0.507 e. The Hall–Kier alpha value is -0.550. The highest BCUT2D eigenvalue weighted by molar-refractivity contribution is 7.22. The Balaban J connectivity index is 3.99. The maximum atomic E-state index is 8.80. The van der Waals surface area contributed by atoms with E-state index in [1.165, 1.54) is 12.2 Å². The second-order valence-electron chi connectivity index (χ2n) is 1.31. The zero-order valence-corrected chi connectivity index (χ0v) is 5.75. The fourth-order valence-corrected chi connectivity index (χ4v) is 0.315. The standard InChI is InChI=1S/C6H9OP/c1-3-4-6(7)5(2)8/h3-4,7H,1-2,8H2/b6-4+. The fraction of sp³-hybridized carbons (Fsp3) is 0. The summed E-state index contributed by atoms with van der Waals surface area (Å²) in [7, 11) is 2.29. The molecule has 0 aliphatic heterocycles. The van der Waals surface area contributed by atoms with Crippen molar-refractivity contribution in [3.8, 4) is 0 Å². The van der Waals surface area contributed by atoms with Crippen LogP contribution in [0.25, 0.3) is 0 Å². The number of rotatable bonds is 2. The number of aliphatic hydroxyl groups is 1. The molecular weight excluding hydrogens is 119 g/mol. The second kappa shape index (κ2) is 3.45. The van der Waals surface area contributed by atoms with Crippen molar-refractivity contribution < 1.29 is 5.11 Å². The van der Waals surface area contributed by atoms with Crippen LogP contribution in [0.4, 0.5) is 0 Å². The van der Waals surface area contributed by atoms with Gasteiger partial charge in [-0.25, -0.2) is 0 Å². The van der Waals surface area contributed by atoms with Crippen molar-refractivity contribution in [2.75, 3.05) is 0 Å². The minimum atomic E-state index is 0.157. The van der Waals surface area contributed by atoms with Gasteiger partial charge in [0.1, 0.15) is 5.76 Å². The Bertz CT molecular complexity index is 135. The quantitative estimate of drug-likeness (QED) is 0.342. The zero-order valence-electron chi connectivity index (χ0n) is 4.59. The van der Waals surface area contributed by atoms with Crippen LogP contribution in [-0.4, -0.2) is 5.11 Å². The van der Waals surface area contributed by atoms with E-state index in [1.807, 2.05) is 0 Å². The summed E-state index contributed by atoms with van der Waals surface area (Å²) < 4.78 is 0. The van der Waals surface area contributed by atoms with Gasteiger partial charge in [-0.3, -0.25) is 0 Å². The molecule has 0 aromatic carbocycles. The van der Waals surface area contributed by atoms with Crippen molar-refractivity contribution in [3.05, 3.63) is 36.4 Å². The second-order valence-corrected chi connectivity index (χ2v) is 2.01. The van der Waals surface area contributed by atoms with Crippen molar-refractivity contribution in [1.82, 2.24) is 0 Å². The molecule has 1 nitrogen and oxygen atoms in total. The lowest BCUT2D eigenvalue weighted by molar-refractivity contribution is 0.430. The number of allylic oxidation sites excluding steroid dienone is 3. The molecule has 0 radical (unpaired) electrons. The zero-order chi connectivity index (χ0) is 6.57. The van der Waals surface area contributed by atoms with E-state index in [4.69, 9.17) is 5.11 Å². The molecule has 0 aliphatic rings. The molecule has 44 valence electrons. The molecule has 0 saturated heterocycles. The molecule has 0 aromatic rings. The summed E-state index contributed by atoms with van der Waals surface area (Å²) in [6.45, 7) is 6.87. The van der Waals surface area contributed by atoms with E-state index < -0.39 is 0 Å². The highest BCUT2D eigenvalue weighted by atomic mass is 31.0. The van der Waals surface area contributed by atoms with Crippen molar-refractivity contribution >= 4 is 9.24 Å².